The number of nitrogens with zero attached hydrogens (tertiary/aromatic N) is 4. The van der Waals surface area contributed by atoms with E-state index < -0.39 is 0 Å². The Labute approximate surface area is 188 Å². The molecule has 1 atom stereocenters. The van der Waals surface area contributed by atoms with E-state index in [1.165, 1.54) is 5.56 Å². The van der Waals surface area contributed by atoms with Crippen LogP contribution in [0.5, 0.6) is 0 Å². The molecule has 0 spiro atoms. The molecule has 2 aromatic carbocycles. The zero-order valence-corrected chi connectivity index (χ0v) is 18.5. The normalized spacial score (nSPS) is 12.2. The van der Waals surface area contributed by atoms with Gasteiger partial charge in [-0.25, -0.2) is 15.0 Å². The van der Waals surface area contributed by atoms with Crippen molar-refractivity contribution in [2.45, 2.75) is 11.8 Å². The summed E-state index contributed by atoms with van der Waals surface area (Å²) in [4.78, 5) is 14.4. The molecule has 5 aromatic rings. The number of anilines is 1. The van der Waals surface area contributed by atoms with Crippen molar-refractivity contribution in [3.8, 4) is 28.3 Å². The minimum absolute atomic E-state index is 0.275. The molecule has 0 saturated heterocycles. The van der Waals surface area contributed by atoms with Crippen molar-refractivity contribution in [2.75, 3.05) is 5.73 Å². The van der Waals surface area contributed by atoms with Crippen molar-refractivity contribution in [1.29, 1.82) is 0 Å². The molecule has 31 heavy (non-hydrogen) atoms. The second-order valence-electron chi connectivity index (χ2n) is 7.32. The number of pyridine rings is 2. The molecular formula is C25H20BrN5. The molecule has 0 bridgehead atoms. The van der Waals surface area contributed by atoms with Crippen LogP contribution in [0.4, 0.5) is 5.82 Å². The molecule has 0 aliphatic rings. The smallest absolute Gasteiger partial charge is 0.165 e. The van der Waals surface area contributed by atoms with Crippen LogP contribution in [-0.2, 0) is 0 Å². The summed E-state index contributed by atoms with van der Waals surface area (Å²) in [6.07, 6.45) is 1.68. The van der Waals surface area contributed by atoms with Gasteiger partial charge in [0.15, 0.2) is 11.5 Å². The van der Waals surface area contributed by atoms with Crippen LogP contribution in [0.25, 0.3) is 39.5 Å². The molecule has 0 fully saturated rings. The summed E-state index contributed by atoms with van der Waals surface area (Å²) in [5.74, 6) is 1.16. The Kier molecular flexibility index (Phi) is 5.00. The number of nitrogens with two attached hydrogens (primary N) is 1. The molecule has 0 radical (unpaired) electrons. The van der Waals surface area contributed by atoms with Crippen molar-refractivity contribution in [1.82, 2.24) is 19.5 Å². The topological polar surface area (TPSA) is 69.6 Å². The summed E-state index contributed by atoms with van der Waals surface area (Å²) in [6, 6.07) is 26.3. The first kappa shape index (κ1) is 19.5. The lowest BCUT2D eigenvalue weighted by Gasteiger charge is -2.12. The van der Waals surface area contributed by atoms with E-state index in [0.29, 0.717) is 5.82 Å². The van der Waals surface area contributed by atoms with Crippen LogP contribution >= 0.6 is 15.9 Å². The van der Waals surface area contributed by atoms with Gasteiger partial charge in [-0.2, -0.15) is 0 Å². The Morgan fingerprint density at radius 1 is 0.871 bits per heavy atom. The van der Waals surface area contributed by atoms with Gasteiger partial charge < -0.3 is 5.73 Å². The fourth-order valence-corrected chi connectivity index (χ4v) is 3.95. The highest BCUT2D eigenvalue weighted by Crippen LogP contribution is 2.32. The van der Waals surface area contributed by atoms with Crippen LogP contribution < -0.4 is 5.73 Å². The Bertz CT molecular complexity index is 1360. The highest BCUT2D eigenvalue weighted by Gasteiger charge is 2.18. The number of rotatable bonds is 4. The van der Waals surface area contributed by atoms with Crippen LogP contribution in [-0.4, -0.2) is 19.5 Å². The van der Waals surface area contributed by atoms with E-state index in [0.717, 1.165) is 39.5 Å². The summed E-state index contributed by atoms with van der Waals surface area (Å²) in [6.45, 7) is 2.11. The molecule has 1 unspecified atom stereocenters. The van der Waals surface area contributed by atoms with Crippen LogP contribution in [0.2, 0.25) is 0 Å². The molecule has 3 heterocycles. The Hall–Kier alpha value is -3.51. The molecule has 6 heteroatoms. The maximum Gasteiger partial charge on any atom is 0.165 e. The maximum atomic E-state index is 6.22. The van der Waals surface area contributed by atoms with Crippen LogP contribution in [0, 0.1) is 0 Å². The van der Waals surface area contributed by atoms with Crippen LogP contribution in [0.15, 0.2) is 85.1 Å². The zero-order chi connectivity index (χ0) is 21.4. The van der Waals surface area contributed by atoms with Gasteiger partial charge in [-0.3, -0.25) is 4.57 Å². The van der Waals surface area contributed by atoms with Gasteiger partial charge in [-0.05, 0) is 48.9 Å². The molecule has 0 saturated carbocycles. The monoisotopic (exact) mass is 469 g/mol. The van der Waals surface area contributed by atoms with Crippen molar-refractivity contribution in [3.05, 3.63) is 90.6 Å². The minimum Gasteiger partial charge on any atom is -0.383 e. The third kappa shape index (κ3) is 3.59. The maximum absolute atomic E-state index is 6.22. The predicted octanol–water partition coefficient (Wildman–Crippen LogP) is 6.19. The van der Waals surface area contributed by atoms with Gasteiger partial charge in [0.2, 0.25) is 0 Å². The van der Waals surface area contributed by atoms with E-state index in [2.05, 4.69) is 68.8 Å². The highest BCUT2D eigenvalue weighted by molar-refractivity contribution is 9.09. The zero-order valence-electron chi connectivity index (χ0n) is 16.9. The SMILES string of the molecule is CC(Br)c1ccc(-n2c(-c3cccnc3N)nc3ccc(-c4ccccc4)nc32)cc1. The molecule has 5 rings (SSSR count). The second kappa shape index (κ2) is 7.96. The summed E-state index contributed by atoms with van der Waals surface area (Å²) in [5.41, 5.74) is 12.7. The number of alkyl halides is 1. The van der Waals surface area contributed by atoms with Crippen molar-refractivity contribution in [2.24, 2.45) is 0 Å². The molecule has 152 valence electrons. The molecule has 5 nitrogen and oxygen atoms in total. The number of halogens is 1. The summed E-state index contributed by atoms with van der Waals surface area (Å²) in [7, 11) is 0. The number of aromatic nitrogens is 4. The van der Waals surface area contributed by atoms with Crippen LogP contribution in [0.3, 0.4) is 0 Å². The van der Waals surface area contributed by atoms with Gasteiger partial charge in [0.25, 0.3) is 0 Å². The number of hydrogen-bond donors (Lipinski definition) is 1. The van der Waals surface area contributed by atoms with E-state index in [1.807, 2.05) is 42.5 Å². The number of hydrogen-bond acceptors (Lipinski definition) is 4. The first-order chi connectivity index (χ1) is 15.1. The molecule has 0 amide bonds. The standard InChI is InChI=1S/C25H20BrN5/c1-16(26)17-9-11-19(12-10-17)31-24(20-8-5-15-28-23(20)27)30-22-14-13-21(29-25(22)31)18-6-3-2-4-7-18/h2-16H,1H3,(H2,27,28). The van der Waals surface area contributed by atoms with Gasteiger partial charge in [0.05, 0.1) is 11.3 Å². The first-order valence-corrected chi connectivity index (χ1v) is 10.9. The largest absolute Gasteiger partial charge is 0.383 e. The number of imidazole rings is 1. The molecule has 3 aromatic heterocycles. The van der Waals surface area contributed by atoms with E-state index >= 15 is 0 Å². The third-order valence-corrected chi connectivity index (χ3v) is 5.79. The van der Waals surface area contributed by atoms with E-state index in [4.69, 9.17) is 15.7 Å². The van der Waals surface area contributed by atoms with E-state index in [9.17, 15) is 0 Å². The van der Waals surface area contributed by atoms with Gasteiger partial charge in [0, 0.05) is 22.3 Å². The average molecular weight is 470 g/mol. The Morgan fingerprint density at radius 3 is 2.35 bits per heavy atom. The second-order valence-corrected chi connectivity index (χ2v) is 8.69. The summed E-state index contributed by atoms with van der Waals surface area (Å²) < 4.78 is 2.05. The molecule has 0 aliphatic carbocycles. The predicted molar refractivity (Wildman–Crippen MR) is 129 cm³/mol. The molecular weight excluding hydrogens is 450 g/mol. The number of nitrogen functional groups attached to an aromatic ring is 1. The van der Waals surface area contributed by atoms with Crippen LogP contribution in [0.1, 0.15) is 17.3 Å². The fraction of sp³-hybridized carbons (Fsp3) is 0.0800. The van der Waals surface area contributed by atoms with Crippen molar-refractivity contribution in [3.63, 3.8) is 0 Å². The van der Waals surface area contributed by atoms with Gasteiger partial charge in [-0.1, -0.05) is 58.4 Å². The average Bonchev–Trinajstić information content (AvgIpc) is 3.18. The van der Waals surface area contributed by atoms with Gasteiger partial charge in [-0.15, -0.1) is 0 Å². The van der Waals surface area contributed by atoms with Crippen molar-refractivity contribution < 1.29 is 0 Å². The lowest BCUT2D eigenvalue weighted by Crippen LogP contribution is -2.02. The lowest BCUT2D eigenvalue weighted by atomic mass is 10.1. The lowest BCUT2D eigenvalue weighted by molar-refractivity contribution is 1.06. The minimum atomic E-state index is 0.275. The highest BCUT2D eigenvalue weighted by atomic mass is 79.9. The van der Waals surface area contributed by atoms with Crippen molar-refractivity contribution >= 4 is 32.9 Å². The Morgan fingerprint density at radius 2 is 1.65 bits per heavy atom. The Balaban J connectivity index is 1.78. The summed E-state index contributed by atoms with van der Waals surface area (Å²) in [5, 5.41) is 0. The first-order valence-electron chi connectivity index (χ1n) is 10.0. The number of benzene rings is 2. The fourth-order valence-electron chi connectivity index (χ4n) is 3.65. The summed E-state index contributed by atoms with van der Waals surface area (Å²) >= 11 is 3.64. The van der Waals surface area contributed by atoms with E-state index in [1.54, 1.807) is 6.20 Å². The number of fused-ring (bicyclic) bond motifs is 1. The molecule has 2 N–H and O–H groups in total. The van der Waals surface area contributed by atoms with E-state index in [-0.39, 0.29) is 4.83 Å². The molecule has 0 aliphatic heterocycles. The third-order valence-electron chi connectivity index (χ3n) is 5.26. The van der Waals surface area contributed by atoms with Gasteiger partial charge in [0.1, 0.15) is 11.3 Å². The quantitative estimate of drug-likeness (QED) is 0.318. The van der Waals surface area contributed by atoms with Gasteiger partial charge >= 0.3 is 0 Å².